The quantitative estimate of drug-likeness (QED) is 0.306. The molecular weight excluding hydrogens is 148 g/mol. The highest BCUT2D eigenvalue weighted by Gasteiger charge is 2.02. The molecule has 4 N–H and O–H groups in total. The standard InChI is InChI=1S/C7H16O4/c8-5-6(9)3-1-2-4-7(10)11/h6-11H,1-5H2. The molecule has 0 aromatic carbocycles. The zero-order valence-corrected chi connectivity index (χ0v) is 6.48. The SMILES string of the molecule is OCC(O)CCCCC(O)O. The second kappa shape index (κ2) is 6.54. The third-order valence-corrected chi connectivity index (χ3v) is 1.46. The summed E-state index contributed by atoms with van der Waals surface area (Å²) in [6, 6.07) is 0. The van der Waals surface area contributed by atoms with Crippen LogP contribution in [0.15, 0.2) is 0 Å². The summed E-state index contributed by atoms with van der Waals surface area (Å²) >= 11 is 0. The largest absolute Gasteiger partial charge is 0.394 e. The van der Waals surface area contributed by atoms with Gasteiger partial charge < -0.3 is 20.4 Å². The summed E-state index contributed by atoms with van der Waals surface area (Å²) < 4.78 is 0. The predicted molar refractivity (Wildman–Crippen MR) is 39.8 cm³/mol. The van der Waals surface area contributed by atoms with Crippen molar-refractivity contribution in [3.05, 3.63) is 0 Å². The van der Waals surface area contributed by atoms with Gasteiger partial charge in [-0.15, -0.1) is 0 Å². The van der Waals surface area contributed by atoms with E-state index in [1.807, 2.05) is 0 Å². The van der Waals surface area contributed by atoms with Crippen molar-refractivity contribution >= 4 is 0 Å². The van der Waals surface area contributed by atoms with Crippen LogP contribution >= 0.6 is 0 Å². The van der Waals surface area contributed by atoms with Crippen molar-refractivity contribution in [2.75, 3.05) is 6.61 Å². The molecular formula is C7H16O4. The first-order chi connectivity index (χ1) is 5.16. The number of hydrogen-bond donors (Lipinski definition) is 4. The number of unbranched alkanes of at least 4 members (excludes halogenated alkanes) is 1. The molecule has 4 heteroatoms. The zero-order valence-electron chi connectivity index (χ0n) is 6.48. The highest BCUT2D eigenvalue weighted by Crippen LogP contribution is 2.04. The first kappa shape index (κ1) is 10.8. The van der Waals surface area contributed by atoms with E-state index in [0.717, 1.165) is 0 Å². The molecule has 0 aromatic heterocycles. The minimum Gasteiger partial charge on any atom is -0.394 e. The number of aliphatic hydroxyl groups excluding tert-OH is 3. The number of hydrogen-bond acceptors (Lipinski definition) is 4. The molecule has 1 atom stereocenters. The molecule has 0 rings (SSSR count). The van der Waals surface area contributed by atoms with Crippen molar-refractivity contribution < 1.29 is 20.4 Å². The fourth-order valence-corrected chi connectivity index (χ4v) is 0.798. The fourth-order valence-electron chi connectivity index (χ4n) is 0.798. The van der Waals surface area contributed by atoms with Gasteiger partial charge in [0.2, 0.25) is 0 Å². The third-order valence-electron chi connectivity index (χ3n) is 1.46. The molecule has 68 valence electrons. The molecule has 0 aliphatic rings. The average molecular weight is 164 g/mol. The van der Waals surface area contributed by atoms with Gasteiger partial charge in [-0.1, -0.05) is 6.42 Å². The van der Waals surface area contributed by atoms with Crippen LogP contribution in [-0.2, 0) is 0 Å². The lowest BCUT2D eigenvalue weighted by molar-refractivity contribution is -0.0471. The molecule has 0 amide bonds. The maximum absolute atomic E-state index is 8.85. The van der Waals surface area contributed by atoms with Crippen LogP contribution in [0.5, 0.6) is 0 Å². The first-order valence-corrected chi connectivity index (χ1v) is 3.82. The molecule has 0 aliphatic carbocycles. The Hall–Kier alpha value is -0.160. The molecule has 0 saturated carbocycles. The Kier molecular flexibility index (Phi) is 6.45. The van der Waals surface area contributed by atoms with Crippen LogP contribution in [0, 0.1) is 0 Å². The van der Waals surface area contributed by atoms with E-state index >= 15 is 0 Å². The summed E-state index contributed by atoms with van der Waals surface area (Å²) in [6.07, 6.45) is 0.308. The Balaban J connectivity index is 3.01. The minimum atomic E-state index is -1.25. The van der Waals surface area contributed by atoms with Gasteiger partial charge in [0.1, 0.15) is 0 Å². The maximum atomic E-state index is 8.85. The summed E-state index contributed by atoms with van der Waals surface area (Å²) in [5.74, 6) is 0. The summed E-state index contributed by atoms with van der Waals surface area (Å²) in [6.45, 7) is -0.221. The molecule has 0 aromatic rings. The van der Waals surface area contributed by atoms with E-state index in [0.29, 0.717) is 25.7 Å². The third kappa shape index (κ3) is 7.74. The molecule has 1 unspecified atom stereocenters. The van der Waals surface area contributed by atoms with Crippen LogP contribution in [-0.4, -0.2) is 39.4 Å². The second-order valence-electron chi connectivity index (χ2n) is 2.60. The van der Waals surface area contributed by atoms with Gasteiger partial charge in [-0.05, 0) is 19.3 Å². The lowest BCUT2D eigenvalue weighted by atomic mass is 10.1. The van der Waals surface area contributed by atoms with Crippen molar-refractivity contribution in [1.29, 1.82) is 0 Å². The van der Waals surface area contributed by atoms with Gasteiger partial charge in [-0.2, -0.15) is 0 Å². The molecule has 11 heavy (non-hydrogen) atoms. The van der Waals surface area contributed by atoms with Crippen molar-refractivity contribution in [3.8, 4) is 0 Å². The minimum absolute atomic E-state index is 0.221. The van der Waals surface area contributed by atoms with Crippen molar-refractivity contribution in [2.45, 2.75) is 38.1 Å². The van der Waals surface area contributed by atoms with Crippen LogP contribution in [0.4, 0.5) is 0 Å². The molecule has 0 spiro atoms. The molecule has 0 bridgehead atoms. The van der Waals surface area contributed by atoms with E-state index < -0.39 is 12.4 Å². The summed E-state index contributed by atoms with van der Waals surface area (Å²) in [5.41, 5.74) is 0. The maximum Gasteiger partial charge on any atom is 0.151 e. The van der Waals surface area contributed by atoms with E-state index in [2.05, 4.69) is 0 Å². The second-order valence-corrected chi connectivity index (χ2v) is 2.60. The predicted octanol–water partition coefficient (Wildman–Crippen LogP) is -0.789. The Morgan fingerprint density at radius 1 is 0.909 bits per heavy atom. The first-order valence-electron chi connectivity index (χ1n) is 3.82. The van der Waals surface area contributed by atoms with Crippen LogP contribution in [0.3, 0.4) is 0 Å². The van der Waals surface area contributed by atoms with Crippen LogP contribution in [0.25, 0.3) is 0 Å². The molecule has 0 heterocycles. The topological polar surface area (TPSA) is 80.9 Å². The molecule has 0 radical (unpaired) electrons. The molecule has 4 nitrogen and oxygen atoms in total. The Morgan fingerprint density at radius 3 is 1.91 bits per heavy atom. The fraction of sp³-hybridized carbons (Fsp3) is 1.00. The van der Waals surface area contributed by atoms with Crippen molar-refractivity contribution in [3.63, 3.8) is 0 Å². The van der Waals surface area contributed by atoms with Gasteiger partial charge in [-0.25, -0.2) is 0 Å². The van der Waals surface area contributed by atoms with E-state index in [1.165, 1.54) is 0 Å². The summed E-state index contributed by atoms with van der Waals surface area (Å²) in [5, 5.41) is 34.1. The van der Waals surface area contributed by atoms with E-state index in [4.69, 9.17) is 20.4 Å². The molecule has 0 fully saturated rings. The Labute approximate surface area is 66.1 Å². The van der Waals surface area contributed by atoms with Gasteiger partial charge in [0.15, 0.2) is 6.29 Å². The Morgan fingerprint density at radius 2 is 1.45 bits per heavy atom. The van der Waals surface area contributed by atoms with Gasteiger partial charge in [0.25, 0.3) is 0 Å². The van der Waals surface area contributed by atoms with Gasteiger partial charge in [-0.3, -0.25) is 0 Å². The van der Waals surface area contributed by atoms with Gasteiger partial charge in [0, 0.05) is 0 Å². The monoisotopic (exact) mass is 164 g/mol. The average Bonchev–Trinajstić information content (AvgIpc) is 1.97. The highest BCUT2D eigenvalue weighted by molar-refractivity contribution is 4.53. The van der Waals surface area contributed by atoms with Crippen molar-refractivity contribution in [2.24, 2.45) is 0 Å². The van der Waals surface area contributed by atoms with Gasteiger partial charge >= 0.3 is 0 Å². The van der Waals surface area contributed by atoms with Crippen LogP contribution in [0.2, 0.25) is 0 Å². The molecule has 0 saturated heterocycles. The zero-order chi connectivity index (χ0) is 8.69. The van der Waals surface area contributed by atoms with E-state index in [9.17, 15) is 0 Å². The summed E-state index contributed by atoms with van der Waals surface area (Å²) in [4.78, 5) is 0. The van der Waals surface area contributed by atoms with Crippen LogP contribution in [0.1, 0.15) is 25.7 Å². The van der Waals surface area contributed by atoms with Crippen molar-refractivity contribution in [1.82, 2.24) is 0 Å². The van der Waals surface area contributed by atoms with Crippen LogP contribution < -0.4 is 0 Å². The lowest BCUT2D eigenvalue weighted by Crippen LogP contribution is -2.11. The lowest BCUT2D eigenvalue weighted by Gasteiger charge is -2.06. The van der Waals surface area contributed by atoms with E-state index in [1.54, 1.807) is 0 Å². The van der Waals surface area contributed by atoms with Gasteiger partial charge in [0.05, 0.1) is 12.7 Å². The Bertz CT molecular complexity index is 84.5. The highest BCUT2D eigenvalue weighted by atomic mass is 16.5. The van der Waals surface area contributed by atoms with E-state index in [-0.39, 0.29) is 6.61 Å². The summed E-state index contributed by atoms with van der Waals surface area (Å²) in [7, 11) is 0. The molecule has 0 aliphatic heterocycles. The normalized spacial score (nSPS) is 13.9. The number of rotatable bonds is 6. The number of aliphatic hydroxyl groups is 4. The smallest absolute Gasteiger partial charge is 0.151 e.